The zero-order valence-electron chi connectivity index (χ0n) is 7.80. The Morgan fingerprint density at radius 1 is 1.57 bits per heavy atom. The molecule has 0 fully saturated rings. The van der Waals surface area contributed by atoms with Gasteiger partial charge >= 0.3 is 0 Å². The lowest BCUT2D eigenvalue weighted by molar-refractivity contribution is 0.101. The fraction of sp³-hybridized carbons (Fsp3) is 0.200. The van der Waals surface area contributed by atoms with Crippen molar-refractivity contribution in [2.75, 3.05) is 7.11 Å². The van der Waals surface area contributed by atoms with Gasteiger partial charge in [0.1, 0.15) is 0 Å². The molecule has 14 heavy (non-hydrogen) atoms. The number of carbonyl (C=O) groups is 1. The minimum absolute atomic E-state index is 0.0887. The Balaban J connectivity index is 3.44. The Morgan fingerprint density at radius 3 is 2.64 bits per heavy atom. The number of ketones is 1. The summed E-state index contributed by atoms with van der Waals surface area (Å²) < 4.78 is 18.1. The summed E-state index contributed by atoms with van der Waals surface area (Å²) in [4.78, 5) is 11.0. The summed E-state index contributed by atoms with van der Waals surface area (Å²) in [5, 5.41) is 8.62. The van der Waals surface area contributed by atoms with Crippen LogP contribution in [-0.2, 0) is 0 Å². The van der Waals surface area contributed by atoms with Crippen LogP contribution in [0.4, 0.5) is 4.39 Å². The summed E-state index contributed by atoms with van der Waals surface area (Å²) in [7, 11) is 1.28. The number of hydrogen-bond donors (Lipinski definition) is 0. The van der Waals surface area contributed by atoms with Crippen LogP contribution in [0.25, 0.3) is 0 Å². The summed E-state index contributed by atoms with van der Waals surface area (Å²) in [6, 6.07) is 4.29. The maximum absolute atomic E-state index is 13.4. The number of rotatable bonds is 2. The molecule has 0 unspecified atom stereocenters. The second kappa shape index (κ2) is 3.88. The van der Waals surface area contributed by atoms with E-state index in [-0.39, 0.29) is 16.9 Å². The van der Waals surface area contributed by atoms with Gasteiger partial charge in [-0.1, -0.05) is 0 Å². The second-order valence-electron chi connectivity index (χ2n) is 2.71. The minimum Gasteiger partial charge on any atom is -0.494 e. The van der Waals surface area contributed by atoms with E-state index in [1.807, 2.05) is 6.07 Å². The lowest BCUT2D eigenvalue weighted by Gasteiger charge is -2.05. The molecule has 0 saturated carbocycles. The molecule has 4 heteroatoms. The number of nitrogens with zero attached hydrogens (tertiary/aromatic N) is 1. The maximum atomic E-state index is 13.4. The number of ether oxygens (including phenoxy) is 1. The first-order chi connectivity index (χ1) is 6.60. The lowest BCUT2D eigenvalue weighted by atomic mass is 10.1. The second-order valence-corrected chi connectivity index (χ2v) is 2.71. The molecule has 0 aliphatic carbocycles. The molecule has 0 aromatic heterocycles. The molecule has 0 spiro atoms. The van der Waals surface area contributed by atoms with Crippen LogP contribution < -0.4 is 4.74 Å². The summed E-state index contributed by atoms with van der Waals surface area (Å²) in [5.74, 6) is -1.24. The monoisotopic (exact) mass is 193 g/mol. The van der Waals surface area contributed by atoms with Gasteiger partial charge in [0.05, 0.1) is 24.3 Å². The van der Waals surface area contributed by atoms with Crippen molar-refractivity contribution in [2.24, 2.45) is 0 Å². The van der Waals surface area contributed by atoms with Gasteiger partial charge < -0.3 is 4.74 Å². The quantitative estimate of drug-likeness (QED) is 0.674. The minimum atomic E-state index is -0.723. The van der Waals surface area contributed by atoms with Gasteiger partial charge in [0.2, 0.25) is 0 Å². The van der Waals surface area contributed by atoms with Crippen LogP contribution in [0.3, 0.4) is 0 Å². The van der Waals surface area contributed by atoms with Crippen molar-refractivity contribution in [3.8, 4) is 11.8 Å². The van der Waals surface area contributed by atoms with Gasteiger partial charge in [0.25, 0.3) is 0 Å². The van der Waals surface area contributed by atoms with E-state index < -0.39 is 11.6 Å². The van der Waals surface area contributed by atoms with Crippen molar-refractivity contribution >= 4 is 5.78 Å². The van der Waals surface area contributed by atoms with E-state index in [0.29, 0.717) is 0 Å². The number of benzene rings is 1. The maximum Gasteiger partial charge on any atom is 0.175 e. The number of halogens is 1. The number of hydrogen-bond acceptors (Lipinski definition) is 3. The standard InChI is InChI=1S/C10H8FNO2/c1-6(13)8-3-7(5-12)4-9(14-2)10(8)11/h3-4H,1-2H3. The summed E-state index contributed by atoms with van der Waals surface area (Å²) in [6.45, 7) is 1.24. The Morgan fingerprint density at radius 2 is 2.21 bits per heavy atom. The van der Waals surface area contributed by atoms with Crippen LogP contribution >= 0.6 is 0 Å². The molecular formula is C10H8FNO2. The first-order valence-corrected chi connectivity index (χ1v) is 3.88. The highest BCUT2D eigenvalue weighted by Gasteiger charge is 2.14. The van der Waals surface area contributed by atoms with Gasteiger partial charge in [-0.3, -0.25) is 4.79 Å². The Labute approximate surface area is 80.7 Å². The average Bonchev–Trinajstić information content (AvgIpc) is 2.17. The molecule has 0 bridgehead atoms. The van der Waals surface area contributed by atoms with Gasteiger partial charge in [-0.15, -0.1) is 0 Å². The topological polar surface area (TPSA) is 50.1 Å². The van der Waals surface area contributed by atoms with Crippen molar-refractivity contribution in [1.29, 1.82) is 5.26 Å². The van der Waals surface area contributed by atoms with Crippen LogP contribution in [0.5, 0.6) is 5.75 Å². The average molecular weight is 193 g/mol. The normalized spacial score (nSPS) is 9.29. The van der Waals surface area contributed by atoms with Crippen LogP contribution in [-0.4, -0.2) is 12.9 Å². The number of carbonyl (C=O) groups excluding carboxylic acids is 1. The zero-order chi connectivity index (χ0) is 10.7. The van der Waals surface area contributed by atoms with E-state index in [0.717, 1.165) is 0 Å². The van der Waals surface area contributed by atoms with Crippen LogP contribution in [0.1, 0.15) is 22.8 Å². The third-order valence-electron chi connectivity index (χ3n) is 1.77. The highest BCUT2D eigenvalue weighted by atomic mass is 19.1. The molecule has 1 aromatic rings. The third-order valence-corrected chi connectivity index (χ3v) is 1.77. The number of Topliss-reactive ketones (excluding diaryl/α,β-unsaturated/α-hetero) is 1. The van der Waals surface area contributed by atoms with E-state index >= 15 is 0 Å². The largest absolute Gasteiger partial charge is 0.494 e. The van der Waals surface area contributed by atoms with Crippen LogP contribution in [0.15, 0.2) is 12.1 Å². The summed E-state index contributed by atoms with van der Waals surface area (Å²) in [5.41, 5.74) is 0.0781. The molecule has 3 nitrogen and oxygen atoms in total. The molecule has 72 valence electrons. The molecule has 0 aliphatic heterocycles. The van der Waals surface area contributed by atoms with Crippen molar-refractivity contribution in [3.63, 3.8) is 0 Å². The van der Waals surface area contributed by atoms with Crippen molar-refractivity contribution in [1.82, 2.24) is 0 Å². The molecule has 0 radical (unpaired) electrons. The number of nitriles is 1. The van der Waals surface area contributed by atoms with Gasteiger partial charge in [0, 0.05) is 6.07 Å². The first-order valence-electron chi connectivity index (χ1n) is 3.88. The van der Waals surface area contributed by atoms with Crippen LogP contribution in [0, 0.1) is 17.1 Å². The molecule has 0 atom stereocenters. The number of methoxy groups -OCH3 is 1. The Bertz CT molecular complexity index is 421. The van der Waals surface area contributed by atoms with Gasteiger partial charge in [-0.05, 0) is 13.0 Å². The van der Waals surface area contributed by atoms with E-state index in [1.165, 1.54) is 26.2 Å². The highest BCUT2D eigenvalue weighted by Crippen LogP contribution is 2.22. The lowest BCUT2D eigenvalue weighted by Crippen LogP contribution is -2.01. The van der Waals surface area contributed by atoms with E-state index in [2.05, 4.69) is 0 Å². The molecule has 0 saturated heterocycles. The van der Waals surface area contributed by atoms with E-state index in [1.54, 1.807) is 0 Å². The SMILES string of the molecule is COc1cc(C#N)cc(C(C)=O)c1F. The molecular weight excluding hydrogens is 185 g/mol. The zero-order valence-corrected chi connectivity index (χ0v) is 7.80. The van der Waals surface area contributed by atoms with Gasteiger partial charge in [-0.2, -0.15) is 5.26 Å². The van der Waals surface area contributed by atoms with Crippen molar-refractivity contribution in [3.05, 3.63) is 29.1 Å². The van der Waals surface area contributed by atoms with Crippen LogP contribution in [0.2, 0.25) is 0 Å². The molecule has 0 aliphatic rings. The predicted molar refractivity (Wildman–Crippen MR) is 47.7 cm³/mol. The van der Waals surface area contributed by atoms with E-state index in [4.69, 9.17) is 10.00 Å². The smallest absolute Gasteiger partial charge is 0.175 e. The Kier molecular flexibility index (Phi) is 2.82. The van der Waals surface area contributed by atoms with E-state index in [9.17, 15) is 9.18 Å². The summed E-state index contributed by atoms with van der Waals surface area (Å²) >= 11 is 0. The summed E-state index contributed by atoms with van der Waals surface area (Å²) in [6.07, 6.45) is 0. The fourth-order valence-corrected chi connectivity index (χ4v) is 1.07. The van der Waals surface area contributed by atoms with Crippen molar-refractivity contribution in [2.45, 2.75) is 6.92 Å². The van der Waals surface area contributed by atoms with Gasteiger partial charge in [-0.25, -0.2) is 4.39 Å². The highest BCUT2D eigenvalue weighted by molar-refractivity contribution is 5.95. The molecule has 1 rings (SSSR count). The predicted octanol–water partition coefficient (Wildman–Crippen LogP) is 1.91. The molecule has 0 amide bonds. The Hall–Kier alpha value is -1.89. The molecule has 0 heterocycles. The first kappa shape index (κ1) is 10.2. The molecule has 0 N–H and O–H groups in total. The van der Waals surface area contributed by atoms with Crippen molar-refractivity contribution < 1.29 is 13.9 Å². The third kappa shape index (κ3) is 1.72. The van der Waals surface area contributed by atoms with Gasteiger partial charge in [0.15, 0.2) is 17.3 Å². The fourth-order valence-electron chi connectivity index (χ4n) is 1.07. The molecule has 1 aromatic carbocycles.